The highest BCUT2D eigenvalue weighted by Gasteiger charge is 2.14. The number of benzene rings is 2. The minimum atomic E-state index is -0.206. The minimum absolute atomic E-state index is 0.206. The molecule has 4 aromatic rings. The average Bonchev–Trinajstić information content (AvgIpc) is 3.38. The second-order valence-corrected chi connectivity index (χ2v) is 7.91. The van der Waals surface area contributed by atoms with Crippen molar-refractivity contribution in [2.45, 2.75) is 11.4 Å². The van der Waals surface area contributed by atoms with Crippen LogP contribution in [0, 0.1) is 0 Å². The maximum Gasteiger partial charge on any atom is 0.255 e. The number of amides is 1. The number of thiazole rings is 1. The van der Waals surface area contributed by atoms with Crippen LogP contribution in [-0.2, 0) is 6.54 Å². The first kappa shape index (κ1) is 18.6. The number of carbonyl (C=O) groups excluding carboxylic acids is 1. The lowest BCUT2D eigenvalue weighted by molar-refractivity contribution is 0.0945. The van der Waals surface area contributed by atoms with Gasteiger partial charge in [-0.15, -0.1) is 23.1 Å². The lowest BCUT2D eigenvalue weighted by Gasteiger charge is -2.10. The van der Waals surface area contributed by atoms with E-state index in [2.05, 4.69) is 10.3 Å². The van der Waals surface area contributed by atoms with Crippen molar-refractivity contribution in [1.82, 2.24) is 10.3 Å². The molecule has 1 amide bonds. The lowest BCUT2D eigenvalue weighted by atomic mass is 10.2. The van der Waals surface area contributed by atoms with E-state index in [1.807, 2.05) is 54.8 Å². The fourth-order valence-corrected chi connectivity index (χ4v) is 4.17. The number of rotatable bonds is 6. The van der Waals surface area contributed by atoms with Crippen LogP contribution in [-0.4, -0.2) is 24.3 Å². The zero-order valence-electron chi connectivity index (χ0n) is 15.4. The Bertz CT molecular complexity index is 1100. The maximum atomic E-state index is 12.5. The van der Waals surface area contributed by atoms with Crippen LogP contribution >= 0.6 is 23.1 Å². The highest BCUT2D eigenvalue weighted by atomic mass is 32.2. The predicted molar refractivity (Wildman–Crippen MR) is 113 cm³/mol. The molecule has 142 valence electrons. The van der Waals surface area contributed by atoms with Crippen LogP contribution in [0.5, 0.6) is 5.75 Å². The van der Waals surface area contributed by atoms with Crippen LogP contribution in [0.1, 0.15) is 16.1 Å². The summed E-state index contributed by atoms with van der Waals surface area (Å²) < 4.78 is 12.3. The summed E-state index contributed by atoms with van der Waals surface area (Å²) in [5, 5.41) is 3.71. The van der Waals surface area contributed by atoms with E-state index in [4.69, 9.17) is 9.15 Å². The van der Waals surface area contributed by atoms with Gasteiger partial charge in [0.15, 0.2) is 10.8 Å². The average molecular weight is 411 g/mol. The van der Waals surface area contributed by atoms with Gasteiger partial charge in [0.25, 0.3) is 5.91 Å². The predicted octanol–water partition coefficient (Wildman–Crippen LogP) is 5.22. The van der Waals surface area contributed by atoms with Crippen LogP contribution in [0.4, 0.5) is 0 Å². The fourth-order valence-electron chi connectivity index (χ4n) is 2.81. The van der Waals surface area contributed by atoms with E-state index in [1.165, 1.54) is 0 Å². The Balaban J connectivity index is 1.46. The van der Waals surface area contributed by atoms with Crippen LogP contribution in [0.15, 0.2) is 63.9 Å². The molecule has 2 aromatic carbocycles. The van der Waals surface area contributed by atoms with E-state index in [-0.39, 0.29) is 12.5 Å². The third kappa shape index (κ3) is 3.76. The normalized spacial score (nSPS) is 10.9. The number of para-hydroxylation sites is 1. The van der Waals surface area contributed by atoms with E-state index in [9.17, 15) is 4.79 Å². The van der Waals surface area contributed by atoms with Crippen LogP contribution in [0.2, 0.25) is 0 Å². The van der Waals surface area contributed by atoms with Crippen LogP contribution < -0.4 is 10.1 Å². The van der Waals surface area contributed by atoms with Crippen molar-refractivity contribution in [3.63, 3.8) is 0 Å². The van der Waals surface area contributed by atoms with Crippen molar-refractivity contribution in [2.75, 3.05) is 13.4 Å². The molecular weight excluding hydrogens is 392 g/mol. The first-order valence-electron chi connectivity index (χ1n) is 8.63. The Morgan fingerprint density at radius 1 is 1.21 bits per heavy atom. The minimum Gasteiger partial charge on any atom is -0.496 e. The highest BCUT2D eigenvalue weighted by molar-refractivity contribution is 7.98. The van der Waals surface area contributed by atoms with Crippen molar-refractivity contribution in [3.8, 4) is 16.5 Å². The molecule has 7 heteroatoms. The third-order valence-electron chi connectivity index (χ3n) is 4.24. The quantitative estimate of drug-likeness (QED) is 0.442. The summed E-state index contributed by atoms with van der Waals surface area (Å²) in [6, 6.07) is 17.3. The third-order valence-corrected chi connectivity index (χ3v) is 6.02. The Morgan fingerprint density at radius 3 is 2.86 bits per heavy atom. The first-order valence-corrected chi connectivity index (χ1v) is 10.7. The molecule has 0 atom stereocenters. The van der Waals surface area contributed by atoms with Crippen molar-refractivity contribution in [1.29, 1.82) is 0 Å². The number of thioether (sulfide) groups is 1. The number of methoxy groups -OCH3 is 1. The van der Waals surface area contributed by atoms with E-state index in [1.54, 1.807) is 36.3 Å². The first-order chi connectivity index (χ1) is 13.7. The number of aromatic nitrogens is 1. The van der Waals surface area contributed by atoms with Gasteiger partial charge in [-0.3, -0.25) is 4.79 Å². The molecule has 0 radical (unpaired) electrons. The SMILES string of the molecule is COc1cc(SC)ccc1C(=O)NCc1ccc(-c2nc3ccccc3s2)o1. The summed E-state index contributed by atoms with van der Waals surface area (Å²) in [4.78, 5) is 18.2. The molecule has 0 aliphatic rings. The van der Waals surface area contributed by atoms with Gasteiger partial charge in [0.05, 0.1) is 29.4 Å². The van der Waals surface area contributed by atoms with Gasteiger partial charge >= 0.3 is 0 Å². The zero-order chi connectivity index (χ0) is 19.5. The Morgan fingerprint density at radius 2 is 2.07 bits per heavy atom. The van der Waals surface area contributed by atoms with Gasteiger partial charge in [-0.25, -0.2) is 4.98 Å². The molecule has 2 heterocycles. The standard InChI is InChI=1S/C21H18N2O3S2/c1-25-18-11-14(27-2)8-9-15(18)20(24)22-12-13-7-10-17(26-13)21-23-16-5-3-4-6-19(16)28-21/h3-11H,12H2,1-2H3,(H,22,24). The molecule has 0 saturated carbocycles. The van der Waals surface area contributed by atoms with Gasteiger partial charge in [0.2, 0.25) is 0 Å². The second-order valence-electron chi connectivity index (χ2n) is 6.00. The summed E-state index contributed by atoms with van der Waals surface area (Å²) in [7, 11) is 1.56. The molecule has 5 nitrogen and oxygen atoms in total. The topological polar surface area (TPSA) is 64.4 Å². The summed E-state index contributed by atoms with van der Waals surface area (Å²) in [6.07, 6.45) is 1.98. The maximum absolute atomic E-state index is 12.5. The van der Waals surface area contributed by atoms with Crippen LogP contribution in [0.3, 0.4) is 0 Å². The molecule has 0 unspecified atom stereocenters. The Kier molecular flexibility index (Phi) is 5.36. The van der Waals surface area contributed by atoms with Crippen molar-refractivity contribution >= 4 is 39.2 Å². The number of fused-ring (bicyclic) bond motifs is 1. The molecular formula is C21H18N2O3S2. The summed E-state index contributed by atoms with van der Waals surface area (Å²) >= 11 is 3.18. The fraction of sp³-hybridized carbons (Fsp3) is 0.143. The lowest BCUT2D eigenvalue weighted by Crippen LogP contribution is -2.23. The molecule has 4 rings (SSSR count). The second kappa shape index (κ2) is 8.08. The summed E-state index contributed by atoms with van der Waals surface area (Å²) in [6.45, 7) is 0.289. The molecule has 1 N–H and O–H groups in total. The van der Waals surface area contributed by atoms with Gasteiger partial charge in [0.1, 0.15) is 11.5 Å². The van der Waals surface area contributed by atoms with Gasteiger partial charge in [-0.1, -0.05) is 12.1 Å². The molecule has 0 bridgehead atoms. The molecule has 2 aromatic heterocycles. The van der Waals surface area contributed by atoms with Gasteiger partial charge in [-0.05, 0) is 48.7 Å². The smallest absolute Gasteiger partial charge is 0.255 e. The molecule has 0 fully saturated rings. The number of nitrogens with one attached hydrogen (secondary N) is 1. The summed E-state index contributed by atoms with van der Waals surface area (Å²) in [5.41, 5.74) is 1.45. The Labute approximate surface area is 170 Å². The van der Waals surface area contributed by atoms with E-state index in [0.29, 0.717) is 22.8 Å². The molecule has 0 aliphatic heterocycles. The van der Waals surface area contributed by atoms with E-state index in [0.717, 1.165) is 20.1 Å². The number of furan rings is 1. The van der Waals surface area contributed by atoms with Gasteiger partial charge in [-0.2, -0.15) is 0 Å². The molecule has 0 saturated heterocycles. The molecule has 0 aliphatic carbocycles. The van der Waals surface area contributed by atoms with Crippen molar-refractivity contribution < 1.29 is 13.9 Å². The molecule has 0 spiro atoms. The van der Waals surface area contributed by atoms with Gasteiger partial charge in [0, 0.05) is 4.90 Å². The Hall–Kier alpha value is -2.77. The largest absolute Gasteiger partial charge is 0.496 e. The number of hydrogen-bond acceptors (Lipinski definition) is 6. The number of hydrogen-bond donors (Lipinski definition) is 1. The van der Waals surface area contributed by atoms with E-state index < -0.39 is 0 Å². The monoisotopic (exact) mass is 410 g/mol. The summed E-state index contributed by atoms with van der Waals surface area (Å²) in [5.74, 6) is 1.72. The number of ether oxygens (including phenoxy) is 1. The van der Waals surface area contributed by atoms with E-state index >= 15 is 0 Å². The highest BCUT2D eigenvalue weighted by Crippen LogP contribution is 2.31. The van der Waals surface area contributed by atoms with Crippen molar-refractivity contribution in [3.05, 3.63) is 65.9 Å². The zero-order valence-corrected chi connectivity index (χ0v) is 17.0. The van der Waals surface area contributed by atoms with Crippen LogP contribution in [0.25, 0.3) is 21.0 Å². The van der Waals surface area contributed by atoms with Crippen molar-refractivity contribution in [2.24, 2.45) is 0 Å². The number of carbonyl (C=O) groups is 1. The number of nitrogens with zero attached hydrogens (tertiary/aromatic N) is 1. The van der Waals surface area contributed by atoms with Gasteiger partial charge < -0.3 is 14.5 Å². The molecule has 28 heavy (non-hydrogen) atoms.